The molecule has 0 radical (unpaired) electrons. The second-order valence-electron chi connectivity index (χ2n) is 6.83. The van der Waals surface area contributed by atoms with Gasteiger partial charge in [0, 0.05) is 12.2 Å². The van der Waals surface area contributed by atoms with Crippen LogP contribution in [-0.2, 0) is 16.1 Å². The van der Waals surface area contributed by atoms with Crippen molar-refractivity contribution < 1.29 is 14.0 Å². The summed E-state index contributed by atoms with van der Waals surface area (Å²) in [5, 5.41) is 5.39. The Morgan fingerprint density at radius 2 is 1.96 bits per heavy atom. The summed E-state index contributed by atoms with van der Waals surface area (Å²) in [6.07, 6.45) is 3.69. The van der Waals surface area contributed by atoms with E-state index in [0.717, 1.165) is 43.8 Å². The molecule has 1 aromatic carbocycles. The lowest BCUT2D eigenvalue weighted by molar-refractivity contribution is -0.136. The number of carbonyl (C=O) groups is 2. The fraction of sp³-hybridized carbons (Fsp3) is 0.400. The average Bonchev–Trinajstić information content (AvgIpc) is 3.14. The monoisotopic (exact) mass is 355 g/mol. The van der Waals surface area contributed by atoms with Crippen LogP contribution in [0.5, 0.6) is 0 Å². The van der Waals surface area contributed by atoms with Crippen LogP contribution in [0.25, 0.3) is 0 Å². The number of hydrogen-bond acceptors (Lipinski definition) is 4. The zero-order valence-corrected chi connectivity index (χ0v) is 15.0. The fourth-order valence-electron chi connectivity index (χ4n) is 3.20. The number of benzene rings is 1. The van der Waals surface area contributed by atoms with Crippen LogP contribution in [0, 0.1) is 12.8 Å². The second-order valence-corrected chi connectivity index (χ2v) is 6.83. The van der Waals surface area contributed by atoms with Gasteiger partial charge in [-0.2, -0.15) is 0 Å². The SMILES string of the molecule is Cc1cccc(NC(=O)C(=O)NCC2CCN(Cc3ccco3)CC2)c1. The predicted octanol–water partition coefficient (Wildman–Crippen LogP) is 2.55. The average molecular weight is 355 g/mol. The van der Waals surface area contributed by atoms with Crippen LogP contribution in [-0.4, -0.2) is 36.3 Å². The summed E-state index contributed by atoms with van der Waals surface area (Å²) >= 11 is 0. The quantitative estimate of drug-likeness (QED) is 0.809. The van der Waals surface area contributed by atoms with E-state index in [0.29, 0.717) is 18.2 Å². The van der Waals surface area contributed by atoms with E-state index in [2.05, 4.69) is 15.5 Å². The van der Waals surface area contributed by atoms with Gasteiger partial charge < -0.3 is 15.1 Å². The van der Waals surface area contributed by atoms with Crippen molar-refractivity contribution in [3.63, 3.8) is 0 Å². The molecule has 3 rings (SSSR count). The number of piperidine rings is 1. The van der Waals surface area contributed by atoms with Crippen molar-refractivity contribution in [2.75, 3.05) is 25.0 Å². The molecule has 0 aliphatic carbocycles. The van der Waals surface area contributed by atoms with Gasteiger partial charge in [0.1, 0.15) is 5.76 Å². The molecule has 1 aliphatic rings. The third-order valence-corrected chi connectivity index (χ3v) is 4.70. The van der Waals surface area contributed by atoms with Gasteiger partial charge in [-0.3, -0.25) is 14.5 Å². The van der Waals surface area contributed by atoms with Crippen LogP contribution in [0.1, 0.15) is 24.2 Å². The summed E-state index contributed by atoms with van der Waals surface area (Å²) in [5.41, 5.74) is 1.67. The highest BCUT2D eigenvalue weighted by Gasteiger charge is 2.21. The lowest BCUT2D eigenvalue weighted by Gasteiger charge is -2.31. The maximum absolute atomic E-state index is 12.0. The topological polar surface area (TPSA) is 74.6 Å². The molecule has 2 heterocycles. The zero-order valence-electron chi connectivity index (χ0n) is 15.0. The van der Waals surface area contributed by atoms with Crippen molar-refractivity contribution in [2.45, 2.75) is 26.3 Å². The fourth-order valence-corrected chi connectivity index (χ4v) is 3.20. The third kappa shape index (κ3) is 5.20. The minimum atomic E-state index is -0.620. The summed E-state index contributed by atoms with van der Waals surface area (Å²) < 4.78 is 5.38. The number of nitrogens with one attached hydrogen (secondary N) is 2. The van der Waals surface area contributed by atoms with Gasteiger partial charge in [-0.15, -0.1) is 0 Å². The Bertz CT molecular complexity index is 735. The molecule has 1 fully saturated rings. The van der Waals surface area contributed by atoms with Gasteiger partial charge in [-0.1, -0.05) is 12.1 Å². The largest absolute Gasteiger partial charge is 0.468 e. The molecule has 6 heteroatoms. The molecule has 1 aliphatic heterocycles. The molecule has 0 saturated carbocycles. The highest BCUT2D eigenvalue weighted by Crippen LogP contribution is 2.18. The van der Waals surface area contributed by atoms with E-state index in [4.69, 9.17) is 4.42 Å². The number of anilines is 1. The summed E-state index contributed by atoms with van der Waals surface area (Å²) in [7, 11) is 0. The van der Waals surface area contributed by atoms with Crippen LogP contribution >= 0.6 is 0 Å². The van der Waals surface area contributed by atoms with Crippen LogP contribution in [0.4, 0.5) is 5.69 Å². The van der Waals surface area contributed by atoms with Crippen molar-refractivity contribution >= 4 is 17.5 Å². The van der Waals surface area contributed by atoms with Gasteiger partial charge in [0.25, 0.3) is 0 Å². The Hall–Kier alpha value is -2.60. The Morgan fingerprint density at radius 3 is 2.65 bits per heavy atom. The number of hydrogen-bond donors (Lipinski definition) is 2. The Balaban J connectivity index is 1.37. The Kier molecular flexibility index (Phi) is 6.07. The molecule has 1 saturated heterocycles. The highest BCUT2D eigenvalue weighted by molar-refractivity contribution is 6.39. The summed E-state index contributed by atoms with van der Waals surface area (Å²) in [6, 6.07) is 11.3. The first kappa shape index (κ1) is 18.2. The maximum atomic E-state index is 12.0. The zero-order chi connectivity index (χ0) is 18.4. The number of nitrogens with zero attached hydrogens (tertiary/aromatic N) is 1. The number of amides is 2. The van der Waals surface area contributed by atoms with Crippen LogP contribution < -0.4 is 10.6 Å². The smallest absolute Gasteiger partial charge is 0.313 e. The van der Waals surface area contributed by atoms with Crippen molar-refractivity contribution in [1.82, 2.24) is 10.2 Å². The molecule has 26 heavy (non-hydrogen) atoms. The molecule has 6 nitrogen and oxygen atoms in total. The van der Waals surface area contributed by atoms with Gasteiger partial charge in [-0.05, 0) is 68.6 Å². The molecule has 1 aromatic heterocycles. The summed E-state index contributed by atoms with van der Waals surface area (Å²) in [6.45, 7) is 5.24. The minimum absolute atomic E-state index is 0.401. The van der Waals surface area contributed by atoms with E-state index in [1.807, 2.05) is 37.3 Å². The first-order valence-electron chi connectivity index (χ1n) is 9.01. The summed E-state index contributed by atoms with van der Waals surface area (Å²) in [5.74, 6) is 0.179. The molecule has 2 amide bonds. The molecular formula is C20H25N3O3. The summed E-state index contributed by atoms with van der Waals surface area (Å²) in [4.78, 5) is 26.3. The Morgan fingerprint density at radius 1 is 1.15 bits per heavy atom. The van der Waals surface area contributed by atoms with Gasteiger partial charge in [0.05, 0.1) is 12.8 Å². The van der Waals surface area contributed by atoms with Crippen LogP contribution in [0.15, 0.2) is 47.1 Å². The molecule has 0 unspecified atom stereocenters. The van der Waals surface area contributed by atoms with Crippen molar-refractivity contribution in [3.05, 3.63) is 54.0 Å². The van der Waals surface area contributed by atoms with E-state index >= 15 is 0 Å². The minimum Gasteiger partial charge on any atom is -0.468 e. The number of rotatable bonds is 5. The molecule has 0 bridgehead atoms. The van der Waals surface area contributed by atoms with Gasteiger partial charge in [0.2, 0.25) is 0 Å². The van der Waals surface area contributed by atoms with Crippen molar-refractivity contribution in [1.29, 1.82) is 0 Å². The van der Waals surface area contributed by atoms with Gasteiger partial charge in [0.15, 0.2) is 0 Å². The van der Waals surface area contributed by atoms with Crippen molar-refractivity contribution in [2.24, 2.45) is 5.92 Å². The maximum Gasteiger partial charge on any atom is 0.313 e. The third-order valence-electron chi connectivity index (χ3n) is 4.70. The molecule has 2 N–H and O–H groups in total. The van der Waals surface area contributed by atoms with E-state index in [9.17, 15) is 9.59 Å². The number of aryl methyl sites for hydroxylation is 1. The Labute approximate surface area is 153 Å². The first-order chi connectivity index (χ1) is 12.6. The molecular weight excluding hydrogens is 330 g/mol. The van der Waals surface area contributed by atoms with E-state index < -0.39 is 11.8 Å². The molecule has 2 aromatic rings. The van der Waals surface area contributed by atoms with Gasteiger partial charge >= 0.3 is 11.8 Å². The number of furan rings is 1. The second kappa shape index (κ2) is 8.67. The number of carbonyl (C=O) groups excluding carboxylic acids is 2. The molecule has 138 valence electrons. The van der Waals surface area contributed by atoms with Gasteiger partial charge in [-0.25, -0.2) is 0 Å². The highest BCUT2D eigenvalue weighted by atomic mass is 16.3. The van der Waals surface area contributed by atoms with E-state index in [1.165, 1.54) is 0 Å². The lowest BCUT2D eigenvalue weighted by Crippen LogP contribution is -2.41. The normalized spacial score (nSPS) is 15.6. The van der Waals surface area contributed by atoms with Crippen LogP contribution in [0.3, 0.4) is 0 Å². The van der Waals surface area contributed by atoms with E-state index in [-0.39, 0.29) is 0 Å². The first-order valence-corrected chi connectivity index (χ1v) is 9.01. The van der Waals surface area contributed by atoms with Crippen LogP contribution in [0.2, 0.25) is 0 Å². The molecule has 0 spiro atoms. The predicted molar refractivity (Wildman–Crippen MR) is 99.5 cm³/mol. The lowest BCUT2D eigenvalue weighted by atomic mass is 9.96. The van der Waals surface area contributed by atoms with E-state index in [1.54, 1.807) is 12.3 Å². The molecule has 0 atom stereocenters. The number of likely N-dealkylation sites (tertiary alicyclic amines) is 1. The standard InChI is InChI=1S/C20H25N3O3/c1-15-4-2-5-17(12-15)22-20(25)19(24)21-13-16-7-9-23(10-8-16)14-18-6-3-11-26-18/h2-6,11-12,16H,7-10,13-14H2,1H3,(H,21,24)(H,22,25). The van der Waals surface area contributed by atoms with Crippen molar-refractivity contribution in [3.8, 4) is 0 Å².